The lowest BCUT2D eigenvalue weighted by molar-refractivity contribution is 0.102. The van der Waals surface area contributed by atoms with Crippen LogP contribution in [0.1, 0.15) is 34.8 Å². The molecular weight excluding hydrogens is 421 g/mol. The Bertz CT molecular complexity index is 1160. The molecule has 0 saturated carbocycles. The molecule has 1 aromatic carbocycles. The van der Waals surface area contributed by atoms with Gasteiger partial charge in [0.25, 0.3) is 5.91 Å². The smallest absolute Gasteiger partial charge is 0.262 e. The lowest BCUT2D eigenvalue weighted by atomic mass is 9.95. The topological polar surface area (TPSA) is 88.8 Å². The molecule has 4 heterocycles. The predicted octanol–water partition coefficient (Wildman–Crippen LogP) is 3.48. The SMILES string of the molecule is O=C(Nc1cc(C2CCNCC2)nn1-c1ccc(Cl)cc1F)c1cnn2c1NCC=C2. The van der Waals surface area contributed by atoms with Crippen LogP contribution < -0.4 is 16.0 Å². The number of piperidine rings is 1. The summed E-state index contributed by atoms with van der Waals surface area (Å²) >= 11 is 5.92. The van der Waals surface area contributed by atoms with Crippen LogP contribution in [0, 0.1) is 5.82 Å². The number of fused-ring (bicyclic) bond motifs is 1. The lowest BCUT2D eigenvalue weighted by Gasteiger charge is -2.20. The largest absolute Gasteiger partial charge is 0.366 e. The monoisotopic (exact) mass is 441 g/mol. The molecule has 2 aliphatic rings. The van der Waals surface area contributed by atoms with Gasteiger partial charge in [-0.2, -0.15) is 10.2 Å². The Morgan fingerprint density at radius 2 is 2.10 bits per heavy atom. The Morgan fingerprint density at radius 3 is 2.90 bits per heavy atom. The van der Waals surface area contributed by atoms with Crippen molar-refractivity contribution in [1.82, 2.24) is 24.9 Å². The minimum absolute atomic E-state index is 0.220. The normalized spacial score (nSPS) is 16.1. The van der Waals surface area contributed by atoms with Crippen LogP contribution in [0.25, 0.3) is 11.9 Å². The molecule has 31 heavy (non-hydrogen) atoms. The predicted molar refractivity (Wildman–Crippen MR) is 117 cm³/mol. The van der Waals surface area contributed by atoms with Crippen molar-refractivity contribution >= 4 is 35.3 Å². The Hall–Kier alpha value is -3.17. The highest BCUT2D eigenvalue weighted by Crippen LogP contribution is 2.30. The van der Waals surface area contributed by atoms with Crippen molar-refractivity contribution in [3.63, 3.8) is 0 Å². The van der Waals surface area contributed by atoms with Crippen LogP contribution >= 0.6 is 11.6 Å². The first-order valence-corrected chi connectivity index (χ1v) is 10.5. The van der Waals surface area contributed by atoms with Crippen LogP contribution in [0.4, 0.5) is 16.0 Å². The fraction of sp³-hybridized carbons (Fsp3) is 0.286. The molecule has 10 heteroatoms. The molecule has 3 aromatic rings. The van der Waals surface area contributed by atoms with Crippen LogP contribution in [0.3, 0.4) is 0 Å². The van der Waals surface area contributed by atoms with E-state index in [2.05, 4.69) is 26.1 Å². The number of nitrogens with one attached hydrogen (secondary N) is 3. The van der Waals surface area contributed by atoms with E-state index >= 15 is 0 Å². The average molecular weight is 442 g/mol. The van der Waals surface area contributed by atoms with Gasteiger partial charge in [0.2, 0.25) is 0 Å². The molecule has 0 bridgehead atoms. The van der Waals surface area contributed by atoms with E-state index in [0.29, 0.717) is 28.8 Å². The molecule has 3 N–H and O–H groups in total. The van der Waals surface area contributed by atoms with Gasteiger partial charge in [0.15, 0.2) is 0 Å². The number of hydrogen-bond donors (Lipinski definition) is 3. The summed E-state index contributed by atoms with van der Waals surface area (Å²) in [4.78, 5) is 13.1. The number of carbonyl (C=O) groups is 1. The van der Waals surface area contributed by atoms with E-state index in [-0.39, 0.29) is 17.5 Å². The minimum Gasteiger partial charge on any atom is -0.366 e. The first-order valence-electron chi connectivity index (χ1n) is 10.2. The molecule has 1 fully saturated rings. The summed E-state index contributed by atoms with van der Waals surface area (Å²) in [5.41, 5.74) is 1.44. The molecule has 1 saturated heterocycles. The molecule has 8 nitrogen and oxygen atoms in total. The molecule has 0 unspecified atom stereocenters. The highest BCUT2D eigenvalue weighted by molar-refractivity contribution is 6.30. The molecular formula is C21H21ClFN7O. The second-order valence-electron chi connectivity index (χ2n) is 7.56. The highest BCUT2D eigenvalue weighted by atomic mass is 35.5. The number of rotatable bonds is 4. The lowest BCUT2D eigenvalue weighted by Crippen LogP contribution is -2.26. The van der Waals surface area contributed by atoms with Gasteiger partial charge in [0, 0.05) is 29.8 Å². The van der Waals surface area contributed by atoms with Gasteiger partial charge < -0.3 is 16.0 Å². The van der Waals surface area contributed by atoms with Crippen molar-refractivity contribution in [2.45, 2.75) is 18.8 Å². The van der Waals surface area contributed by atoms with E-state index in [1.807, 2.05) is 12.1 Å². The maximum Gasteiger partial charge on any atom is 0.262 e. The van der Waals surface area contributed by atoms with Gasteiger partial charge >= 0.3 is 0 Å². The summed E-state index contributed by atoms with van der Waals surface area (Å²) in [5.74, 6) is 0.381. The molecule has 0 aliphatic carbocycles. The van der Waals surface area contributed by atoms with Crippen LogP contribution in [0.15, 0.2) is 36.5 Å². The number of anilines is 2. The average Bonchev–Trinajstić information content (AvgIpc) is 3.39. The maximum atomic E-state index is 14.7. The van der Waals surface area contributed by atoms with E-state index in [1.54, 1.807) is 23.0 Å². The summed E-state index contributed by atoms with van der Waals surface area (Å²) in [6.45, 7) is 2.41. The first-order chi connectivity index (χ1) is 15.1. The van der Waals surface area contributed by atoms with Crippen LogP contribution in [0.5, 0.6) is 0 Å². The van der Waals surface area contributed by atoms with E-state index in [9.17, 15) is 9.18 Å². The standard InChI is InChI=1S/C21H21ClFN7O/c22-14-2-3-18(16(23)10-14)30-19(11-17(28-30)13-4-7-24-8-5-13)27-21(31)15-12-26-29-9-1-6-25-20(15)29/h1-3,9-13,24-25H,4-8H2,(H,27,31). The Kier molecular flexibility index (Phi) is 5.21. The van der Waals surface area contributed by atoms with Crippen molar-refractivity contribution < 1.29 is 9.18 Å². The minimum atomic E-state index is -0.516. The summed E-state index contributed by atoms with van der Waals surface area (Å²) in [6.07, 6.45) is 7.07. The number of aromatic nitrogens is 4. The second-order valence-corrected chi connectivity index (χ2v) is 7.99. The van der Waals surface area contributed by atoms with E-state index in [0.717, 1.165) is 31.6 Å². The molecule has 1 amide bonds. The van der Waals surface area contributed by atoms with E-state index in [4.69, 9.17) is 11.6 Å². The van der Waals surface area contributed by atoms with Gasteiger partial charge in [0.05, 0.1) is 11.9 Å². The zero-order chi connectivity index (χ0) is 21.4. The number of nitrogens with zero attached hydrogens (tertiary/aromatic N) is 4. The van der Waals surface area contributed by atoms with Crippen molar-refractivity contribution in [2.75, 3.05) is 30.3 Å². The summed E-state index contributed by atoms with van der Waals surface area (Å²) in [6, 6.07) is 6.21. The molecule has 0 radical (unpaired) electrons. The molecule has 2 aromatic heterocycles. The van der Waals surface area contributed by atoms with Gasteiger partial charge in [0.1, 0.15) is 28.7 Å². The Labute approximate surface area is 183 Å². The third-order valence-electron chi connectivity index (χ3n) is 5.54. The van der Waals surface area contributed by atoms with Crippen LogP contribution in [0.2, 0.25) is 5.02 Å². The molecule has 0 spiro atoms. The van der Waals surface area contributed by atoms with E-state index < -0.39 is 5.82 Å². The fourth-order valence-corrected chi connectivity index (χ4v) is 4.11. The van der Waals surface area contributed by atoms with Crippen molar-refractivity contribution in [3.05, 3.63) is 58.6 Å². The molecule has 160 valence electrons. The molecule has 0 atom stereocenters. The maximum absolute atomic E-state index is 14.7. The third-order valence-corrected chi connectivity index (χ3v) is 5.77. The number of amides is 1. The van der Waals surface area contributed by atoms with Crippen molar-refractivity contribution in [1.29, 1.82) is 0 Å². The fourth-order valence-electron chi connectivity index (χ4n) is 3.95. The van der Waals surface area contributed by atoms with Crippen molar-refractivity contribution in [2.24, 2.45) is 0 Å². The molecule has 2 aliphatic heterocycles. The van der Waals surface area contributed by atoms with Gasteiger partial charge in [-0.05, 0) is 50.2 Å². The van der Waals surface area contributed by atoms with E-state index in [1.165, 1.54) is 16.9 Å². The number of halogens is 2. The first kappa shape index (κ1) is 19.8. The Morgan fingerprint density at radius 1 is 1.26 bits per heavy atom. The summed E-state index contributed by atoms with van der Waals surface area (Å²) in [5, 5.41) is 18.5. The van der Waals surface area contributed by atoms with Crippen LogP contribution in [-0.2, 0) is 0 Å². The number of carbonyl (C=O) groups excluding carboxylic acids is 1. The summed E-state index contributed by atoms with van der Waals surface area (Å²) < 4.78 is 17.7. The van der Waals surface area contributed by atoms with Crippen LogP contribution in [-0.4, -0.2) is 45.1 Å². The Balaban J connectivity index is 1.51. The third kappa shape index (κ3) is 3.82. The highest BCUT2D eigenvalue weighted by Gasteiger charge is 2.24. The number of hydrogen-bond acceptors (Lipinski definition) is 5. The van der Waals surface area contributed by atoms with Gasteiger partial charge in [-0.3, -0.25) is 4.79 Å². The summed E-state index contributed by atoms with van der Waals surface area (Å²) in [7, 11) is 0. The van der Waals surface area contributed by atoms with Gasteiger partial charge in [-0.1, -0.05) is 11.6 Å². The molecule has 5 rings (SSSR count). The van der Waals surface area contributed by atoms with Crippen molar-refractivity contribution in [3.8, 4) is 5.69 Å². The number of benzene rings is 1. The zero-order valence-corrected chi connectivity index (χ0v) is 17.4. The van der Waals surface area contributed by atoms with Gasteiger partial charge in [-0.25, -0.2) is 13.8 Å². The zero-order valence-electron chi connectivity index (χ0n) is 16.6. The van der Waals surface area contributed by atoms with Gasteiger partial charge in [-0.15, -0.1) is 0 Å². The quantitative estimate of drug-likeness (QED) is 0.577. The second kappa shape index (κ2) is 8.16.